The standard InChI is InChI=1S/C11H24N2O5S/c1-2-10(14)7-12-3-5-13(6-4-12)8-11(15)9-19(16,17)18/h10-11,14-15H,2-9H2,1H3,(H,16,17,18). The van der Waals surface area contributed by atoms with Crippen LogP contribution in [0.4, 0.5) is 0 Å². The second-order valence-electron chi connectivity index (χ2n) is 5.07. The van der Waals surface area contributed by atoms with Crippen molar-refractivity contribution in [3.63, 3.8) is 0 Å². The molecule has 1 saturated heterocycles. The third-order valence-electron chi connectivity index (χ3n) is 3.28. The number of aliphatic hydroxyl groups is 2. The zero-order chi connectivity index (χ0) is 14.5. The van der Waals surface area contributed by atoms with Gasteiger partial charge in [-0.05, 0) is 6.42 Å². The summed E-state index contributed by atoms with van der Waals surface area (Å²) in [4.78, 5) is 4.12. The van der Waals surface area contributed by atoms with Crippen LogP contribution in [0.3, 0.4) is 0 Å². The number of β-amino-alcohol motifs (C(OH)–C–C–N with tert-alkyl or cyclic N) is 2. The Labute approximate surface area is 114 Å². The highest BCUT2D eigenvalue weighted by molar-refractivity contribution is 7.85. The first-order valence-corrected chi connectivity index (χ1v) is 8.17. The lowest BCUT2D eigenvalue weighted by molar-refractivity contribution is 0.0522. The number of piperazine rings is 1. The molecule has 0 saturated carbocycles. The molecule has 0 spiro atoms. The summed E-state index contributed by atoms with van der Waals surface area (Å²) in [6, 6.07) is 0. The van der Waals surface area contributed by atoms with Crippen molar-refractivity contribution in [2.24, 2.45) is 0 Å². The van der Waals surface area contributed by atoms with Crippen molar-refractivity contribution in [3.8, 4) is 0 Å². The predicted octanol–water partition coefficient (Wildman–Crippen LogP) is -1.38. The average Bonchev–Trinajstić information content (AvgIpc) is 2.29. The fraction of sp³-hybridized carbons (Fsp3) is 1.00. The molecule has 1 rings (SSSR count). The summed E-state index contributed by atoms with van der Waals surface area (Å²) in [7, 11) is -4.12. The van der Waals surface area contributed by atoms with Gasteiger partial charge in [0.25, 0.3) is 10.1 Å². The largest absolute Gasteiger partial charge is 0.392 e. The summed E-state index contributed by atoms with van der Waals surface area (Å²) in [6.07, 6.45) is -0.646. The Bertz CT molecular complexity index is 354. The molecule has 1 aliphatic heterocycles. The van der Waals surface area contributed by atoms with E-state index in [-0.39, 0.29) is 12.6 Å². The molecule has 1 fully saturated rings. The van der Waals surface area contributed by atoms with Crippen molar-refractivity contribution in [3.05, 3.63) is 0 Å². The fourth-order valence-corrected chi connectivity index (χ4v) is 2.77. The number of aliphatic hydroxyl groups excluding tert-OH is 2. The minimum Gasteiger partial charge on any atom is -0.392 e. The molecule has 0 aromatic heterocycles. The van der Waals surface area contributed by atoms with Crippen molar-refractivity contribution in [2.45, 2.75) is 25.6 Å². The van der Waals surface area contributed by atoms with E-state index in [9.17, 15) is 18.6 Å². The van der Waals surface area contributed by atoms with Gasteiger partial charge in [-0.25, -0.2) is 0 Å². The Balaban J connectivity index is 2.26. The molecule has 0 bridgehead atoms. The highest BCUT2D eigenvalue weighted by atomic mass is 32.2. The normalized spacial score (nSPS) is 22.3. The number of hydrogen-bond donors (Lipinski definition) is 3. The molecule has 0 amide bonds. The van der Waals surface area contributed by atoms with E-state index in [1.807, 2.05) is 11.8 Å². The van der Waals surface area contributed by atoms with Crippen LogP contribution in [0.15, 0.2) is 0 Å². The summed E-state index contributed by atoms with van der Waals surface area (Å²) in [5.74, 6) is -0.623. The monoisotopic (exact) mass is 296 g/mol. The van der Waals surface area contributed by atoms with E-state index in [2.05, 4.69) is 4.90 Å². The number of hydrogen-bond acceptors (Lipinski definition) is 6. The van der Waals surface area contributed by atoms with Crippen LogP contribution in [0.2, 0.25) is 0 Å². The van der Waals surface area contributed by atoms with Crippen molar-refractivity contribution < 1.29 is 23.2 Å². The van der Waals surface area contributed by atoms with Crippen LogP contribution in [-0.2, 0) is 10.1 Å². The molecule has 114 valence electrons. The maximum absolute atomic E-state index is 10.6. The van der Waals surface area contributed by atoms with Gasteiger partial charge in [-0.1, -0.05) is 6.92 Å². The quantitative estimate of drug-likeness (QED) is 0.498. The summed E-state index contributed by atoms with van der Waals surface area (Å²) in [5, 5.41) is 19.1. The first-order valence-electron chi connectivity index (χ1n) is 6.56. The lowest BCUT2D eigenvalue weighted by atomic mass is 10.2. The van der Waals surface area contributed by atoms with E-state index in [4.69, 9.17) is 4.55 Å². The maximum Gasteiger partial charge on any atom is 0.267 e. The van der Waals surface area contributed by atoms with E-state index in [0.717, 1.165) is 32.6 Å². The SMILES string of the molecule is CCC(O)CN1CCN(CC(O)CS(=O)(=O)O)CC1. The van der Waals surface area contributed by atoms with Crippen LogP contribution in [0.25, 0.3) is 0 Å². The molecule has 19 heavy (non-hydrogen) atoms. The van der Waals surface area contributed by atoms with Gasteiger partial charge in [0, 0.05) is 39.3 Å². The molecule has 7 nitrogen and oxygen atoms in total. The van der Waals surface area contributed by atoms with Gasteiger partial charge < -0.3 is 10.2 Å². The molecule has 1 heterocycles. The molecule has 0 aliphatic carbocycles. The Kier molecular flexibility index (Phi) is 6.64. The molecule has 0 aromatic carbocycles. The molecule has 0 aromatic rings. The maximum atomic E-state index is 10.6. The van der Waals surface area contributed by atoms with E-state index in [1.165, 1.54) is 0 Å². The van der Waals surface area contributed by atoms with Crippen LogP contribution < -0.4 is 0 Å². The lowest BCUT2D eigenvalue weighted by Crippen LogP contribution is -2.50. The van der Waals surface area contributed by atoms with Gasteiger partial charge >= 0.3 is 0 Å². The number of rotatable bonds is 7. The Morgan fingerprint density at radius 3 is 1.79 bits per heavy atom. The van der Waals surface area contributed by atoms with Crippen molar-refractivity contribution in [1.82, 2.24) is 9.80 Å². The second kappa shape index (κ2) is 7.51. The second-order valence-corrected chi connectivity index (χ2v) is 6.56. The van der Waals surface area contributed by atoms with Crippen LogP contribution >= 0.6 is 0 Å². The minimum atomic E-state index is -4.12. The first-order chi connectivity index (χ1) is 8.80. The molecule has 3 N–H and O–H groups in total. The third-order valence-corrected chi connectivity index (χ3v) is 4.08. The van der Waals surface area contributed by atoms with E-state index >= 15 is 0 Å². The topological polar surface area (TPSA) is 101 Å². The molecule has 2 atom stereocenters. The van der Waals surface area contributed by atoms with Gasteiger partial charge in [-0.2, -0.15) is 8.42 Å². The molecule has 0 radical (unpaired) electrons. The fourth-order valence-electron chi connectivity index (χ4n) is 2.18. The zero-order valence-corrected chi connectivity index (χ0v) is 12.1. The van der Waals surface area contributed by atoms with Gasteiger partial charge in [0.1, 0.15) is 5.75 Å². The van der Waals surface area contributed by atoms with E-state index in [1.54, 1.807) is 0 Å². The van der Waals surface area contributed by atoms with Gasteiger partial charge in [-0.15, -0.1) is 0 Å². The minimum absolute atomic E-state index is 0.240. The van der Waals surface area contributed by atoms with Crippen molar-refractivity contribution in [1.29, 1.82) is 0 Å². The Morgan fingerprint density at radius 1 is 1.00 bits per heavy atom. The molecule has 2 unspecified atom stereocenters. The van der Waals surface area contributed by atoms with Crippen LogP contribution in [0, 0.1) is 0 Å². The Morgan fingerprint density at radius 2 is 1.42 bits per heavy atom. The third kappa shape index (κ3) is 7.19. The highest BCUT2D eigenvalue weighted by Crippen LogP contribution is 2.05. The first kappa shape index (κ1) is 16.8. The highest BCUT2D eigenvalue weighted by Gasteiger charge is 2.22. The molecular weight excluding hydrogens is 272 g/mol. The molecule has 1 aliphatic rings. The molecular formula is C11H24N2O5S. The summed E-state index contributed by atoms with van der Waals surface area (Å²) < 4.78 is 29.9. The van der Waals surface area contributed by atoms with Crippen molar-refractivity contribution in [2.75, 3.05) is 45.0 Å². The van der Waals surface area contributed by atoms with E-state index < -0.39 is 22.0 Å². The van der Waals surface area contributed by atoms with Crippen LogP contribution in [0.1, 0.15) is 13.3 Å². The summed E-state index contributed by atoms with van der Waals surface area (Å²) in [6.45, 7) is 5.84. The summed E-state index contributed by atoms with van der Waals surface area (Å²) in [5.41, 5.74) is 0. The van der Waals surface area contributed by atoms with Crippen LogP contribution in [-0.4, -0.2) is 90.2 Å². The zero-order valence-electron chi connectivity index (χ0n) is 11.3. The van der Waals surface area contributed by atoms with E-state index in [0.29, 0.717) is 6.54 Å². The van der Waals surface area contributed by atoms with Gasteiger partial charge in [0.05, 0.1) is 12.2 Å². The Hall–Kier alpha value is -0.250. The number of nitrogens with zero attached hydrogens (tertiary/aromatic N) is 2. The van der Waals surface area contributed by atoms with Gasteiger partial charge in [0.2, 0.25) is 0 Å². The van der Waals surface area contributed by atoms with Gasteiger partial charge in [0.15, 0.2) is 0 Å². The predicted molar refractivity (Wildman–Crippen MR) is 71.6 cm³/mol. The molecule has 8 heteroatoms. The van der Waals surface area contributed by atoms with Crippen molar-refractivity contribution >= 4 is 10.1 Å². The van der Waals surface area contributed by atoms with Crippen LogP contribution in [0.5, 0.6) is 0 Å². The van der Waals surface area contributed by atoms with Gasteiger partial charge in [-0.3, -0.25) is 14.4 Å². The lowest BCUT2D eigenvalue weighted by Gasteiger charge is -2.36. The summed E-state index contributed by atoms with van der Waals surface area (Å²) >= 11 is 0. The smallest absolute Gasteiger partial charge is 0.267 e. The average molecular weight is 296 g/mol.